The second-order valence-electron chi connectivity index (χ2n) is 4.98. The molecule has 3 aromatic rings. The molecule has 18 heavy (non-hydrogen) atoms. The van der Waals surface area contributed by atoms with Gasteiger partial charge in [-0.1, -0.05) is 60.7 Å². The molecule has 0 heterocycles. The van der Waals surface area contributed by atoms with Crippen LogP contribution in [0.5, 0.6) is 0 Å². The van der Waals surface area contributed by atoms with Crippen LogP contribution in [-0.2, 0) is 12.8 Å². The van der Waals surface area contributed by atoms with Crippen molar-refractivity contribution in [2.45, 2.75) is 12.8 Å². The third kappa shape index (κ3) is 1.32. The molecular weight excluding hydrogens is 216 g/mol. The zero-order chi connectivity index (χ0) is 11.9. The Bertz CT molecular complexity index is 733. The highest BCUT2D eigenvalue weighted by Gasteiger charge is 2.14. The maximum atomic E-state index is 2.28. The van der Waals surface area contributed by atoms with Gasteiger partial charge in [-0.2, -0.15) is 0 Å². The fraction of sp³-hybridized carbons (Fsp3) is 0.111. The molecule has 4 rings (SSSR count). The molecule has 1 aliphatic rings. The number of benzene rings is 3. The van der Waals surface area contributed by atoms with Crippen LogP contribution in [0.15, 0.2) is 60.7 Å². The van der Waals surface area contributed by atoms with Gasteiger partial charge in [0.2, 0.25) is 0 Å². The van der Waals surface area contributed by atoms with E-state index in [2.05, 4.69) is 60.7 Å². The van der Waals surface area contributed by atoms with E-state index in [1.165, 1.54) is 33.0 Å². The van der Waals surface area contributed by atoms with Crippen LogP contribution in [0, 0.1) is 0 Å². The Balaban J connectivity index is 2.18. The largest absolute Gasteiger partial charge is 0.0620 e. The van der Waals surface area contributed by atoms with Gasteiger partial charge in [-0.15, -0.1) is 0 Å². The summed E-state index contributed by atoms with van der Waals surface area (Å²) < 4.78 is 0. The van der Waals surface area contributed by atoms with Gasteiger partial charge < -0.3 is 0 Å². The topological polar surface area (TPSA) is 0 Å². The Kier molecular flexibility index (Phi) is 2.04. The fourth-order valence-corrected chi connectivity index (χ4v) is 3.12. The van der Waals surface area contributed by atoms with Crippen molar-refractivity contribution in [2.75, 3.05) is 0 Å². The van der Waals surface area contributed by atoms with E-state index in [-0.39, 0.29) is 0 Å². The Morgan fingerprint density at radius 1 is 0.556 bits per heavy atom. The molecule has 0 saturated heterocycles. The Morgan fingerprint density at radius 2 is 1.22 bits per heavy atom. The molecule has 0 nitrogen and oxygen atoms in total. The summed E-state index contributed by atoms with van der Waals surface area (Å²) in [6.45, 7) is 0. The minimum Gasteiger partial charge on any atom is -0.0620 e. The van der Waals surface area contributed by atoms with Gasteiger partial charge in [-0.25, -0.2) is 0 Å². The quantitative estimate of drug-likeness (QED) is 0.529. The Hall–Kier alpha value is -2.08. The number of hydrogen-bond acceptors (Lipinski definition) is 0. The van der Waals surface area contributed by atoms with E-state index in [0.717, 1.165) is 12.8 Å². The van der Waals surface area contributed by atoms with E-state index in [0.29, 0.717) is 0 Å². The van der Waals surface area contributed by atoms with E-state index in [4.69, 9.17) is 0 Å². The molecule has 86 valence electrons. The van der Waals surface area contributed by atoms with Gasteiger partial charge in [0, 0.05) is 0 Å². The van der Waals surface area contributed by atoms with Crippen molar-refractivity contribution < 1.29 is 0 Å². The maximum absolute atomic E-state index is 2.28. The van der Waals surface area contributed by atoms with Crippen LogP contribution in [0.1, 0.15) is 11.1 Å². The molecule has 0 spiro atoms. The van der Waals surface area contributed by atoms with Gasteiger partial charge in [0.25, 0.3) is 0 Å². The first-order valence-corrected chi connectivity index (χ1v) is 6.52. The number of aryl methyl sites for hydroxylation is 2. The average Bonchev–Trinajstić information content (AvgIpc) is 2.60. The van der Waals surface area contributed by atoms with Gasteiger partial charge in [0.05, 0.1) is 0 Å². The zero-order valence-corrected chi connectivity index (χ0v) is 10.2. The number of hydrogen-bond donors (Lipinski definition) is 0. The molecule has 0 radical (unpaired) electrons. The first-order chi connectivity index (χ1) is 8.93. The molecule has 0 heteroatoms. The first kappa shape index (κ1) is 9.90. The van der Waals surface area contributed by atoms with Crippen molar-refractivity contribution in [3.63, 3.8) is 0 Å². The fourth-order valence-electron chi connectivity index (χ4n) is 3.12. The third-order valence-electron chi connectivity index (χ3n) is 3.96. The molecule has 1 aliphatic carbocycles. The lowest BCUT2D eigenvalue weighted by Gasteiger charge is -2.09. The van der Waals surface area contributed by atoms with Crippen LogP contribution >= 0.6 is 0 Å². The van der Waals surface area contributed by atoms with Gasteiger partial charge in [0.1, 0.15) is 0 Å². The normalized spacial score (nSPS) is 13.1. The van der Waals surface area contributed by atoms with Crippen LogP contribution < -0.4 is 0 Å². The van der Waals surface area contributed by atoms with E-state index in [1.54, 1.807) is 0 Å². The maximum Gasteiger partial charge on any atom is -0.00731 e. The average molecular weight is 230 g/mol. The monoisotopic (exact) mass is 230 g/mol. The SMILES string of the molecule is c1ccc2c(c1)CCc1cccc3cccc-2c13. The second-order valence-corrected chi connectivity index (χ2v) is 4.98. The van der Waals surface area contributed by atoms with Crippen LogP contribution in [0.2, 0.25) is 0 Å². The van der Waals surface area contributed by atoms with E-state index >= 15 is 0 Å². The molecular formula is C18H14. The molecule has 0 fully saturated rings. The van der Waals surface area contributed by atoms with Crippen LogP contribution in [-0.4, -0.2) is 0 Å². The molecule has 0 N–H and O–H groups in total. The first-order valence-electron chi connectivity index (χ1n) is 6.52. The Labute approximate surface area is 107 Å². The predicted octanol–water partition coefficient (Wildman–Crippen LogP) is 4.61. The number of rotatable bonds is 0. The zero-order valence-electron chi connectivity index (χ0n) is 10.2. The Morgan fingerprint density at radius 3 is 2.17 bits per heavy atom. The standard InChI is InChI=1S/C18H14/c1-2-9-16-13(5-1)11-12-15-7-3-6-14-8-4-10-17(16)18(14)15/h1-10H,11-12H2. The van der Waals surface area contributed by atoms with Crippen LogP contribution in [0.25, 0.3) is 21.9 Å². The smallest absolute Gasteiger partial charge is 0.00731 e. The van der Waals surface area contributed by atoms with Crippen LogP contribution in [0.3, 0.4) is 0 Å². The third-order valence-corrected chi connectivity index (χ3v) is 3.96. The molecule has 0 saturated carbocycles. The van der Waals surface area contributed by atoms with Crippen LogP contribution in [0.4, 0.5) is 0 Å². The van der Waals surface area contributed by atoms with E-state index in [9.17, 15) is 0 Å². The van der Waals surface area contributed by atoms with E-state index in [1.807, 2.05) is 0 Å². The van der Waals surface area contributed by atoms with Crippen molar-refractivity contribution >= 4 is 10.8 Å². The van der Waals surface area contributed by atoms with Gasteiger partial charge in [-0.05, 0) is 45.9 Å². The van der Waals surface area contributed by atoms with Crippen molar-refractivity contribution in [3.8, 4) is 11.1 Å². The summed E-state index contributed by atoms with van der Waals surface area (Å²) in [4.78, 5) is 0. The highest BCUT2D eigenvalue weighted by molar-refractivity contribution is 6.00. The van der Waals surface area contributed by atoms with Gasteiger partial charge in [-0.3, -0.25) is 0 Å². The van der Waals surface area contributed by atoms with Crippen molar-refractivity contribution in [1.82, 2.24) is 0 Å². The van der Waals surface area contributed by atoms with Crippen molar-refractivity contribution in [1.29, 1.82) is 0 Å². The van der Waals surface area contributed by atoms with E-state index < -0.39 is 0 Å². The lowest BCUT2D eigenvalue weighted by Crippen LogP contribution is -1.89. The summed E-state index contributed by atoms with van der Waals surface area (Å²) >= 11 is 0. The summed E-state index contributed by atoms with van der Waals surface area (Å²) in [5.41, 5.74) is 5.77. The molecule has 0 amide bonds. The molecule has 0 atom stereocenters. The van der Waals surface area contributed by atoms with Crippen molar-refractivity contribution in [3.05, 3.63) is 71.8 Å². The van der Waals surface area contributed by atoms with Gasteiger partial charge >= 0.3 is 0 Å². The summed E-state index contributed by atoms with van der Waals surface area (Å²) in [5.74, 6) is 0. The molecule has 3 aromatic carbocycles. The van der Waals surface area contributed by atoms with Gasteiger partial charge in [0.15, 0.2) is 0 Å². The second kappa shape index (κ2) is 3.71. The lowest BCUT2D eigenvalue weighted by molar-refractivity contribution is 0.978. The summed E-state index contributed by atoms with van der Waals surface area (Å²) in [6.07, 6.45) is 2.29. The minimum atomic E-state index is 1.14. The summed E-state index contributed by atoms with van der Waals surface area (Å²) in [5, 5.41) is 2.81. The highest BCUT2D eigenvalue weighted by Crippen LogP contribution is 2.36. The predicted molar refractivity (Wildman–Crippen MR) is 76.8 cm³/mol. The molecule has 0 aromatic heterocycles. The lowest BCUT2D eigenvalue weighted by atomic mass is 9.95. The summed E-state index contributed by atoms with van der Waals surface area (Å²) in [7, 11) is 0. The summed E-state index contributed by atoms with van der Waals surface area (Å²) in [6, 6.07) is 22.1. The molecule has 0 bridgehead atoms. The minimum absolute atomic E-state index is 1.14. The van der Waals surface area contributed by atoms with Crippen molar-refractivity contribution in [2.24, 2.45) is 0 Å². The highest BCUT2D eigenvalue weighted by atomic mass is 14.2. The molecule has 0 aliphatic heterocycles. The number of fused-ring (bicyclic) bond motifs is 2. The molecule has 0 unspecified atom stereocenters.